The summed E-state index contributed by atoms with van der Waals surface area (Å²) in [5.41, 5.74) is 0.688. The van der Waals surface area contributed by atoms with Crippen LogP contribution in [0.3, 0.4) is 0 Å². The van der Waals surface area contributed by atoms with Gasteiger partial charge in [-0.15, -0.1) is 0 Å². The average molecular weight is 202 g/mol. The normalized spacial score (nSPS) is 9.36. The van der Waals surface area contributed by atoms with Gasteiger partial charge in [-0.05, 0) is 18.6 Å². The van der Waals surface area contributed by atoms with E-state index < -0.39 is 6.43 Å². The van der Waals surface area contributed by atoms with Gasteiger partial charge in [-0.1, -0.05) is 26.0 Å². The van der Waals surface area contributed by atoms with E-state index in [-0.39, 0.29) is 11.3 Å². The number of ether oxygens (including phenoxy) is 1. The molecule has 1 rings (SSSR count). The van der Waals surface area contributed by atoms with E-state index in [9.17, 15) is 8.78 Å². The summed E-state index contributed by atoms with van der Waals surface area (Å²) in [6.45, 7) is 5.74. The summed E-state index contributed by atoms with van der Waals surface area (Å²) in [5.74, 6) is 0.285. The summed E-state index contributed by atoms with van der Waals surface area (Å²) in [6.07, 6.45) is -2.47. The van der Waals surface area contributed by atoms with Gasteiger partial charge in [0.05, 0.1) is 12.7 Å². The van der Waals surface area contributed by atoms with Crippen molar-refractivity contribution in [1.29, 1.82) is 0 Å². The molecule has 0 aliphatic rings. The van der Waals surface area contributed by atoms with E-state index in [1.807, 2.05) is 13.8 Å². The third-order valence-electron chi connectivity index (χ3n) is 1.68. The molecule has 3 heteroatoms. The second-order valence-electron chi connectivity index (χ2n) is 2.50. The molecule has 0 heterocycles. The number of para-hydroxylation sites is 1. The third-order valence-corrected chi connectivity index (χ3v) is 1.68. The molecular formula is C11H16F2O. The van der Waals surface area contributed by atoms with Crippen LogP contribution in [0.5, 0.6) is 5.75 Å². The van der Waals surface area contributed by atoms with Crippen molar-refractivity contribution in [2.45, 2.75) is 27.2 Å². The lowest BCUT2D eigenvalue weighted by Crippen LogP contribution is -1.94. The van der Waals surface area contributed by atoms with E-state index in [2.05, 4.69) is 0 Å². The van der Waals surface area contributed by atoms with Gasteiger partial charge in [0, 0.05) is 0 Å². The van der Waals surface area contributed by atoms with Crippen molar-refractivity contribution >= 4 is 0 Å². The Morgan fingerprint density at radius 3 is 2.14 bits per heavy atom. The van der Waals surface area contributed by atoms with Crippen LogP contribution in [-0.4, -0.2) is 7.11 Å². The Morgan fingerprint density at radius 1 is 1.21 bits per heavy atom. The van der Waals surface area contributed by atoms with E-state index in [0.717, 1.165) is 5.56 Å². The lowest BCUT2D eigenvalue weighted by atomic mass is 10.1. The number of rotatable bonds is 2. The molecule has 1 nitrogen and oxygen atoms in total. The zero-order valence-corrected chi connectivity index (χ0v) is 8.97. The van der Waals surface area contributed by atoms with E-state index in [0.29, 0.717) is 0 Å². The fourth-order valence-electron chi connectivity index (χ4n) is 1.13. The van der Waals surface area contributed by atoms with Crippen molar-refractivity contribution in [3.05, 3.63) is 29.3 Å². The Morgan fingerprint density at radius 2 is 1.79 bits per heavy atom. The Labute approximate surface area is 83.7 Å². The van der Waals surface area contributed by atoms with Crippen LogP contribution in [0.2, 0.25) is 0 Å². The largest absolute Gasteiger partial charge is 0.496 e. The van der Waals surface area contributed by atoms with Crippen LogP contribution in [0, 0.1) is 6.92 Å². The zero-order chi connectivity index (χ0) is 11.1. The highest BCUT2D eigenvalue weighted by Crippen LogP contribution is 2.31. The van der Waals surface area contributed by atoms with Gasteiger partial charge in [0.15, 0.2) is 0 Å². The van der Waals surface area contributed by atoms with Crippen LogP contribution < -0.4 is 4.74 Å². The van der Waals surface area contributed by atoms with Crippen molar-refractivity contribution in [3.63, 3.8) is 0 Å². The molecule has 0 aliphatic heterocycles. The number of alkyl halides is 2. The molecule has 0 aromatic heterocycles. The van der Waals surface area contributed by atoms with Gasteiger partial charge in [-0.2, -0.15) is 0 Å². The maximum Gasteiger partial charge on any atom is 0.267 e. The zero-order valence-electron chi connectivity index (χ0n) is 8.97. The molecule has 0 saturated heterocycles. The Balaban J connectivity index is 0.000000791. The minimum atomic E-state index is -2.47. The average Bonchev–Trinajstić information content (AvgIpc) is 2.20. The van der Waals surface area contributed by atoms with Crippen molar-refractivity contribution in [2.75, 3.05) is 7.11 Å². The van der Waals surface area contributed by atoms with Gasteiger partial charge >= 0.3 is 0 Å². The topological polar surface area (TPSA) is 9.23 Å². The van der Waals surface area contributed by atoms with Crippen molar-refractivity contribution in [3.8, 4) is 5.75 Å². The quantitative estimate of drug-likeness (QED) is 0.705. The minimum absolute atomic E-state index is 0.0440. The molecule has 0 bridgehead atoms. The molecule has 1 aromatic carbocycles. The van der Waals surface area contributed by atoms with E-state index >= 15 is 0 Å². The Kier molecular flexibility index (Phi) is 5.84. The van der Waals surface area contributed by atoms with Crippen LogP contribution in [0.15, 0.2) is 18.2 Å². The molecule has 0 atom stereocenters. The van der Waals surface area contributed by atoms with Gasteiger partial charge in [-0.3, -0.25) is 0 Å². The number of hydrogen-bond acceptors (Lipinski definition) is 1. The predicted octanol–water partition coefficient (Wildman–Crippen LogP) is 3.97. The van der Waals surface area contributed by atoms with Gasteiger partial charge in [0.2, 0.25) is 0 Å². The number of hydrogen-bond donors (Lipinski definition) is 0. The summed E-state index contributed by atoms with van der Waals surface area (Å²) in [6, 6.07) is 4.71. The molecule has 0 aliphatic carbocycles. The highest BCUT2D eigenvalue weighted by molar-refractivity contribution is 5.41. The Hall–Kier alpha value is -1.12. The first kappa shape index (κ1) is 12.9. The third kappa shape index (κ3) is 2.98. The SMILES string of the molecule is CC.COc1c(C)cccc1C(F)F. The van der Waals surface area contributed by atoms with Gasteiger partial charge in [0.25, 0.3) is 6.43 Å². The summed E-state index contributed by atoms with van der Waals surface area (Å²) in [5, 5.41) is 0. The molecule has 0 radical (unpaired) electrons. The summed E-state index contributed by atoms with van der Waals surface area (Å²) in [7, 11) is 1.40. The van der Waals surface area contributed by atoms with Crippen molar-refractivity contribution in [2.24, 2.45) is 0 Å². The van der Waals surface area contributed by atoms with E-state index in [4.69, 9.17) is 4.74 Å². The molecule has 1 aromatic rings. The summed E-state index contributed by atoms with van der Waals surface area (Å²) >= 11 is 0. The molecule has 80 valence electrons. The van der Waals surface area contributed by atoms with Crippen LogP contribution in [0.4, 0.5) is 8.78 Å². The summed E-state index contributed by atoms with van der Waals surface area (Å²) in [4.78, 5) is 0. The second kappa shape index (κ2) is 6.35. The molecule has 0 amide bonds. The molecule has 0 fully saturated rings. The predicted molar refractivity (Wildman–Crippen MR) is 54.0 cm³/mol. The lowest BCUT2D eigenvalue weighted by Gasteiger charge is -2.09. The first-order chi connectivity index (χ1) is 6.66. The first-order valence-electron chi connectivity index (χ1n) is 4.58. The van der Waals surface area contributed by atoms with Gasteiger partial charge in [0.1, 0.15) is 5.75 Å². The molecule has 0 N–H and O–H groups in total. The Bertz CT molecular complexity index is 272. The fourth-order valence-corrected chi connectivity index (χ4v) is 1.13. The first-order valence-corrected chi connectivity index (χ1v) is 4.58. The summed E-state index contributed by atoms with van der Waals surface area (Å²) < 4.78 is 29.5. The van der Waals surface area contributed by atoms with Gasteiger partial charge < -0.3 is 4.74 Å². The standard InChI is InChI=1S/C9H10F2O.C2H6/c1-6-4-3-5-7(9(10)11)8(6)12-2;1-2/h3-5,9H,1-2H3;1-2H3. The maximum absolute atomic E-state index is 12.3. The van der Waals surface area contributed by atoms with Crippen LogP contribution >= 0.6 is 0 Å². The number of halogens is 2. The van der Waals surface area contributed by atoms with Crippen LogP contribution in [0.1, 0.15) is 31.4 Å². The van der Waals surface area contributed by atoms with Crippen LogP contribution in [0.25, 0.3) is 0 Å². The second-order valence-corrected chi connectivity index (χ2v) is 2.50. The molecule has 0 saturated carbocycles. The van der Waals surface area contributed by atoms with Crippen LogP contribution in [-0.2, 0) is 0 Å². The van der Waals surface area contributed by atoms with Crippen molar-refractivity contribution in [1.82, 2.24) is 0 Å². The molecule has 0 spiro atoms. The number of benzene rings is 1. The number of aryl methyl sites for hydroxylation is 1. The minimum Gasteiger partial charge on any atom is -0.496 e. The van der Waals surface area contributed by atoms with Crippen molar-refractivity contribution < 1.29 is 13.5 Å². The molecule has 14 heavy (non-hydrogen) atoms. The van der Waals surface area contributed by atoms with E-state index in [1.54, 1.807) is 19.1 Å². The number of methoxy groups -OCH3 is 1. The van der Waals surface area contributed by atoms with E-state index in [1.165, 1.54) is 13.2 Å². The highest BCUT2D eigenvalue weighted by Gasteiger charge is 2.14. The lowest BCUT2D eigenvalue weighted by molar-refractivity contribution is 0.147. The molecular weight excluding hydrogens is 186 g/mol. The van der Waals surface area contributed by atoms with Gasteiger partial charge in [-0.25, -0.2) is 8.78 Å². The smallest absolute Gasteiger partial charge is 0.267 e. The monoisotopic (exact) mass is 202 g/mol. The fraction of sp³-hybridized carbons (Fsp3) is 0.455. The highest BCUT2D eigenvalue weighted by atomic mass is 19.3. The molecule has 0 unspecified atom stereocenters. The maximum atomic E-state index is 12.3.